The van der Waals surface area contributed by atoms with Crippen molar-refractivity contribution >= 4 is 27.2 Å². The van der Waals surface area contributed by atoms with Crippen molar-refractivity contribution < 1.29 is 8.42 Å². The van der Waals surface area contributed by atoms with Gasteiger partial charge in [0.25, 0.3) is 0 Å². The molecule has 0 radical (unpaired) electrons. The van der Waals surface area contributed by atoms with E-state index in [0.717, 1.165) is 19.6 Å². The molecule has 1 aliphatic heterocycles. The summed E-state index contributed by atoms with van der Waals surface area (Å²) in [5, 5.41) is -0.772. The Morgan fingerprint density at radius 2 is 1.95 bits per heavy atom. The van der Waals surface area contributed by atoms with Gasteiger partial charge in [0.05, 0.1) is 4.99 Å². The molecule has 0 aromatic rings. The highest BCUT2D eigenvalue weighted by Gasteiger charge is 2.28. The van der Waals surface area contributed by atoms with E-state index in [1.807, 2.05) is 6.92 Å². The highest BCUT2D eigenvalue weighted by atomic mass is 32.2. The van der Waals surface area contributed by atoms with Gasteiger partial charge in [0, 0.05) is 12.6 Å². The molecule has 19 heavy (non-hydrogen) atoms. The van der Waals surface area contributed by atoms with E-state index in [4.69, 9.17) is 18.0 Å². The molecule has 1 rings (SSSR count). The molecule has 1 fully saturated rings. The van der Waals surface area contributed by atoms with E-state index in [1.165, 1.54) is 19.3 Å². The van der Waals surface area contributed by atoms with E-state index in [1.54, 1.807) is 6.92 Å². The van der Waals surface area contributed by atoms with Crippen LogP contribution in [-0.2, 0) is 10.0 Å². The number of piperidine rings is 1. The minimum Gasteiger partial charge on any atom is -0.392 e. The van der Waals surface area contributed by atoms with Crippen molar-refractivity contribution in [3.05, 3.63) is 0 Å². The molecule has 0 aliphatic carbocycles. The fourth-order valence-corrected chi connectivity index (χ4v) is 4.59. The first-order valence-corrected chi connectivity index (χ1v) is 8.85. The second-order valence-electron chi connectivity index (χ2n) is 5.22. The van der Waals surface area contributed by atoms with Crippen molar-refractivity contribution in [3.63, 3.8) is 0 Å². The van der Waals surface area contributed by atoms with Gasteiger partial charge < -0.3 is 10.6 Å². The second-order valence-corrected chi connectivity index (χ2v) is 7.59. The number of thiocarbonyl (C=S) groups is 1. The first-order chi connectivity index (χ1) is 8.86. The summed E-state index contributed by atoms with van der Waals surface area (Å²) < 4.78 is 27.0. The van der Waals surface area contributed by atoms with Crippen LogP contribution in [-0.4, -0.2) is 49.2 Å². The lowest BCUT2D eigenvalue weighted by Crippen LogP contribution is -2.49. The molecular weight excluding hydrogens is 282 g/mol. The molecule has 112 valence electrons. The van der Waals surface area contributed by atoms with Crippen LogP contribution in [0, 0.1) is 0 Å². The van der Waals surface area contributed by atoms with Gasteiger partial charge in [-0.1, -0.05) is 25.6 Å². The van der Waals surface area contributed by atoms with Gasteiger partial charge >= 0.3 is 0 Å². The second kappa shape index (κ2) is 7.52. The molecule has 1 aliphatic rings. The molecular formula is C12H25N3O2S2. The average Bonchev–Trinajstić information content (AvgIpc) is 2.28. The Hall–Kier alpha value is -0.240. The molecule has 0 aromatic carbocycles. The van der Waals surface area contributed by atoms with Crippen LogP contribution in [0.1, 0.15) is 39.5 Å². The molecule has 7 heteroatoms. The first kappa shape index (κ1) is 16.8. The van der Waals surface area contributed by atoms with Crippen LogP contribution in [0.4, 0.5) is 0 Å². The number of nitrogens with two attached hydrogens (primary N) is 1. The molecule has 0 spiro atoms. The van der Waals surface area contributed by atoms with E-state index in [-0.39, 0.29) is 11.0 Å². The third kappa shape index (κ3) is 5.33. The summed E-state index contributed by atoms with van der Waals surface area (Å²) in [5.74, 6) is 0. The van der Waals surface area contributed by atoms with Gasteiger partial charge in [0.1, 0.15) is 5.25 Å². The highest BCUT2D eigenvalue weighted by molar-refractivity contribution is 7.93. The molecule has 2 atom stereocenters. The summed E-state index contributed by atoms with van der Waals surface area (Å²) in [5.41, 5.74) is 5.50. The third-order valence-corrected chi connectivity index (χ3v) is 5.91. The van der Waals surface area contributed by atoms with Crippen LogP contribution in [0.2, 0.25) is 0 Å². The Kier molecular flexibility index (Phi) is 6.65. The average molecular weight is 307 g/mol. The fourth-order valence-electron chi connectivity index (χ4n) is 2.50. The first-order valence-electron chi connectivity index (χ1n) is 6.89. The van der Waals surface area contributed by atoms with Crippen molar-refractivity contribution in [2.24, 2.45) is 5.73 Å². The summed E-state index contributed by atoms with van der Waals surface area (Å²) in [6.45, 7) is 6.51. The summed E-state index contributed by atoms with van der Waals surface area (Å²) in [6.07, 6.45) is 4.07. The third-order valence-electron chi connectivity index (χ3n) is 3.41. The lowest BCUT2D eigenvalue weighted by atomic mass is 10.1. The van der Waals surface area contributed by atoms with Crippen molar-refractivity contribution in [2.45, 2.75) is 50.8 Å². The van der Waals surface area contributed by atoms with Gasteiger partial charge in [-0.05, 0) is 39.3 Å². The largest absolute Gasteiger partial charge is 0.392 e. The monoisotopic (exact) mass is 307 g/mol. The lowest BCUT2D eigenvalue weighted by molar-refractivity contribution is 0.215. The number of hydrogen-bond donors (Lipinski definition) is 2. The number of sulfonamides is 1. The molecule has 2 unspecified atom stereocenters. The molecule has 3 N–H and O–H groups in total. The quantitative estimate of drug-likeness (QED) is 0.682. The van der Waals surface area contributed by atoms with Gasteiger partial charge in [0.15, 0.2) is 0 Å². The van der Waals surface area contributed by atoms with Crippen LogP contribution >= 0.6 is 12.2 Å². The number of nitrogens with zero attached hydrogens (tertiary/aromatic N) is 1. The Morgan fingerprint density at radius 1 is 1.37 bits per heavy atom. The summed E-state index contributed by atoms with van der Waals surface area (Å²) in [4.78, 5) is 2.35. The Bertz CT molecular complexity index is 392. The standard InChI is InChI=1S/C12H25N3O2S2/c1-3-11(12(13)18)19(16,17)14-10(2)9-15-7-5-4-6-8-15/h10-11,14H,3-9H2,1-2H3,(H2,13,18). The van der Waals surface area contributed by atoms with Crippen LogP contribution in [0.15, 0.2) is 0 Å². The molecule has 0 amide bonds. The number of rotatable bonds is 7. The lowest BCUT2D eigenvalue weighted by Gasteiger charge is -2.29. The summed E-state index contributed by atoms with van der Waals surface area (Å²) in [6, 6.07) is -0.119. The zero-order valence-electron chi connectivity index (χ0n) is 11.8. The summed E-state index contributed by atoms with van der Waals surface area (Å²) >= 11 is 4.83. The maximum atomic E-state index is 12.2. The van der Waals surface area contributed by atoms with E-state index in [2.05, 4.69) is 9.62 Å². The molecule has 1 saturated heterocycles. The highest BCUT2D eigenvalue weighted by Crippen LogP contribution is 2.10. The van der Waals surface area contributed by atoms with Crippen molar-refractivity contribution in [3.8, 4) is 0 Å². The van der Waals surface area contributed by atoms with Gasteiger partial charge in [-0.25, -0.2) is 13.1 Å². The maximum absolute atomic E-state index is 12.2. The fraction of sp³-hybridized carbons (Fsp3) is 0.917. The topological polar surface area (TPSA) is 75.4 Å². The van der Waals surface area contributed by atoms with Crippen LogP contribution in [0.5, 0.6) is 0 Å². The van der Waals surface area contributed by atoms with Crippen LogP contribution in [0.3, 0.4) is 0 Å². The number of likely N-dealkylation sites (tertiary alicyclic amines) is 1. The van der Waals surface area contributed by atoms with E-state index in [9.17, 15) is 8.42 Å². The SMILES string of the molecule is CCC(C(N)=S)S(=O)(=O)NC(C)CN1CCCCC1. The predicted octanol–water partition coefficient (Wildman–Crippen LogP) is 0.845. The minimum absolute atomic E-state index is 0.0418. The minimum atomic E-state index is -3.46. The van der Waals surface area contributed by atoms with Gasteiger partial charge in [-0.2, -0.15) is 0 Å². The van der Waals surface area contributed by atoms with Gasteiger partial charge in [-0.15, -0.1) is 0 Å². The van der Waals surface area contributed by atoms with Gasteiger partial charge in [-0.3, -0.25) is 0 Å². The smallest absolute Gasteiger partial charge is 0.221 e. The molecule has 0 aromatic heterocycles. The maximum Gasteiger partial charge on any atom is 0.221 e. The number of nitrogens with one attached hydrogen (secondary N) is 1. The zero-order chi connectivity index (χ0) is 14.5. The molecule has 0 bridgehead atoms. The molecule has 1 heterocycles. The van der Waals surface area contributed by atoms with E-state index < -0.39 is 15.3 Å². The van der Waals surface area contributed by atoms with Crippen LogP contribution < -0.4 is 10.5 Å². The van der Waals surface area contributed by atoms with E-state index in [0.29, 0.717) is 6.42 Å². The Balaban J connectivity index is 2.54. The Morgan fingerprint density at radius 3 is 2.42 bits per heavy atom. The predicted molar refractivity (Wildman–Crippen MR) is 82.7 cm³/mol. The van der Waals surface area contributed by atoms with E-state index >= 15 is 0 Å². The zero-order valence-corrected chi connectivity index (χ0v) is 13.4. The Labute approximate surface area is 122 Å². The molecule has 5 nitrogen and oxygen atoms in total. The van der Waals surface area contributed by atoms with Crippen molar-refractivity contribution in [1.29, 1.82) is 0 Å². The summed E-state index contributed by atoms with van der Waals surface area (Å²) in [7, 11) is -3.46. The van der Waals surface area contributed by atoms with Crippen molar-refractivity contribution in [2.75, 3.05) is 19.6 Å². The molecule has 0 saturated carbocycles. The van der Waals surface area contributed by atoms with Crippen molar-refractivity contribution in [1.82, 2.24) is 9.62 Å². The normalized spacial score (nSPS) is 20.9. The number of hydrogen-bond acceptors (Lipinski definition) is 4. The van der Waals surface area contributed by atoms with Gasteiger partial charge in [0.2, 0.25) is 10.0 Å². The van der Waals surface area contributed by atoms with Crippen LogP contribution in [0.25, 0.3) is 0 Å².